The fraction of sp³-hybridized carbons (Fsp3) is 0. The van der Waals surface area contributed by atoms with Crippen molar-refractivity contribution in [2.75, 3.05) is 0 Å². The summed E-state index contributed by atoms with van der Waals surface area (Å²) in [6.07, 6.45) is 1.44. The van der Waals surface area contributed by atoms with Gasteiger partial charge in [0.15, 0.2) is 11.6 Å². The van der Waals surface area contributed by atoms with Crippen molar-refractivity contribution >= 4 is 11.0 Å². The predicted molar refractivity (Wildman–Crippen MR) is 64.9 cm³/mol. The van der Waals surface area contributed by atoms with Crippen molar-refractivity contribution in [2.24, 2.45) is 0 Å². The highest BCUT2D eigenvalue weighted by atomic mass is 19.2. The smallest absolute Gasteiger partial charge is 0.168 e. The Morgan fingerprint density at radius 2 is 1.61 bits per heavy atom. The second kappa shape index (κ2) is 4.14. The molecule has 0 saturated heterocycles. The number of rotatable bonds is 1. The van der Waals surface area contributed by atoms with Gasteiger partial charge in [-0.25, -0.2) is 13.8 Å². The minimum atomic E-state index is -0.901. The van der Waals surface area contributed by atoms with Gasteiger partial charge in [0.05, 0.1) is 22.9 Å². The fourth-order valence-electron chi connectivity index (χ4n) is 1.79. The highest BCUT2D eigenvalue weighted by Crippen LogP contribution is 2.23. The number of hydrogen-bond acceptors (Lipinski definition) is 2. The van der Waals surface area contributed by atoms with E-state index in [-0.39, 0.29) is 5.56 Å². The summed E-state index contributed by atoms with van der Waals surface area (Å²) in [6.45, 7) is 0. The lowest BCUT2D eigenvalue weighted by Crippen LogP contribution is -1.93. The zero-order chi connectivity index (χ0) is 12.5. The van der Waals surface area contributed by atoms with E-state index in [0.29, 0.717) is 11.2 Å². The zero-order valence-corrected chi connectivity index (χ0v) is 9.27. The second-order valence-corrected chi connectivity index (χ2v) is 3.85. The van der Waals surface area contributed by atoms with Crippen molar-refractivity contribution in [3.63, 3.8) is 0 Å². The van der Waals surface area contributed by atoms with Crippen LogP contribution in [0.2, 0.25) is 0 Å². The first kappa shape index (κ1) is 10.8. The summed E-state index contributed by atoms with van der Waals surface area (Å²) in [5, 5.41) is 0. The Labute approximate surface area is 102 Å². The lowest BCUT2D eigenvalue weighted by atomic mass is 10.1. The minimum Gasteiger partial charge on any atom is -0.252 e. The first-order chi connectivity index (χ1) is 8.75. The van der Waals surface area contributed by atoms with Gasteiger partial charge in [-0.15, -0.1) is 0 Å². The van der Waals surface area contributed by atoms with E-state index in [2.05, 4.69) is 9.97 Å². The summed E-state index contributed by atoms with van der Waals surface area (Å²) in [5.41, 5.74) is 1.82. The number of halogens is 2. The monoisotopic (exact) mass is 242 g/mol. The molecule has 1 heterocycles. The molecule has 88 valence electrons. The highest BCUT2D eigenvalue weighted by molar-refractivity contribution is 5.76. The third kappa shape index (κ3) is 1.72. The number of benzene rings is 2. The van der Waals surface area contributed by atoms with Crippen LogP contribution >= 0.6 is 0 Å². The van der Waals surface area contributed by atoms with Crippen LogP contribution < -0.4 is 0 Å². The van der Waals surface area contributed by atoms with Gasteiger partial charge >= 0.3 is 0 Å². The van der Waals surface area contributed by atoms with Crippen LogP contribution in [0.25, 0.3) is 22.3 Å². The van der Waals surface area contributed by atoms with Crippen LogP contribution in [-0.2, 0) is 0 Å². The predicted octanol–water partition coefficient (Wildman–Crippen LogP) is 3.58. The normalized spacial score (nSPS) is 10.8. The second-order valence-electron chi connectivity index (χ2n) is 3.85. The van der Waals surface area contributed by atoms with Gasteiger partial charge in [-0.2, -0.15) is 0 Å². The Balaban J connectivity index is 2.22. The molecular weight excluding hydrogens is 234 g/mol. The van der Waals surface area contributed by atoms with Crippen molar-refractivity contribution in [1.82, 2.24) is 9.97 Å². The van der Waals surface area contributed by atoms with Crippen molar-refractivity contribution < 1.29 is 8.78 Å². The average Bonchev–Trinajstić information content (AvgIpc) is 2.41. The van der Waals surface area contributed by atoms with E-state index in [1.54, 1.807) is 6.07 Å². The maximum absolute atomic E-state index is 13.6. The van der Waals surface area contributed by atoms with Gasteiger partial charge in [0.2, 0.25) is 0 Å². The van der Waals surface area contributed by atoms with E-state index in [1.165, 1.54) is 18.3 Å². The largest absolute Gasteiger partial charge is 0.252 e. The SMILES string of the molecule is Fc1cccc(-c2cnc3ccccc3n2)c1F. The standard InChI is InChI=1S/C14H8F2N2/c15-10-5-3-4-9(14(10)16)13-8-17-11-6-1-2-7-12(11)18-13/h1-8H. The van der Waals surface area contributed by atoms with Crippen LogP contribution in [0.1, 0.15) is 0 Å². The molecule has 0 bridgehead atoms. The van der Waals surface area contributed by atoms with E-state index in [4.69, 9.17) is 0 Å². The number of aromatic nitrogens is 2. The Kier molecular flexibility index (Phi) is 2.48. The molecule has 0 saturated carbocycles. The molecule has 2 aromatic carbocycles. The number of fused-ring (bicyclic) bond motifs is 1. The van der Waals surface area contributed by atoms with Crippen LogP contribution in [0.3, 0.4) is 0 Å². The maximum Gasteiger partial charge on any atom is 0.168 e. The molecule has 2 nitrogen and oxygen atoms in total. The molecule has 0 fully saturated rings. The van der Waals surface area contributed by atoms with Crippen LogP contribution in [0.15, 0.2) is 48.7 Å². The van der Waals surface area contributed by atoms with Crippen molar-refractivity contribution in [3.05, 3.63) is 60.3 Å². The molecular formula is C14H8F2N2. The molecule has 4 heteroatoms. The maximum atomic E-state index is 13.6. The summed E-state index contributed by atoms with van der Waals surface area (Å²) in [6, 6.07) is 11.3. The quantitative estimate of drug-likeness (QED) is 0.651. The molecule has 0 amide bonds. The molecule has 0 N–H and O–H groups in total. The Bertz CT molecular complexity index is 726. The minimum absolute atomic E-state index is 0.119. The van der Waals surface area contributed by atoms with Crippen LogP contribution in [0.5, 0.6) is 0 Å². The van der Waals surface area contributed by atoms with Crippen LogP contribution in [0, 0.1) is 11.6 Å². The van der Waals surface area contributed by atoms with Crippen LogP contribution in [-0.4, -0.2) is 9.97 Å². The van der Waals surface area contributed by atoms with E-state index >= 15 is 0 Å². The van der Waals surface area contributed by atoms with E-state index in [0.717, 1.165) is 11.6 Å². The summed E-state index contributed by atoms with van der Waals surface area (Å²) in [4.78, 5) is 8.45. The van der Waals surface area contributed by atoms with Gasteiger partial charge < -0.3 is 0 Å². The molecule has 0 aliphatic heterocycles. The van der Waals surface area contributed by atoms with E-state index < -0.39 is 11.6 Å². The third-order valence-corrected chi connectivity index (χ3v) is 2.68. The molecule has 3 aromatic rings. The molecule has 0 spiro atoms. The number of hydrogen-bond donors (Lipinski definition) is 0. The highest BCUT2D eigenvalue weighted by Gasteiger charge is 2.11. The Hall–Kier alpha value is -2.36. The molecule has 0 atom stereocenters. The van der Waals surface area contributed by atoms with E-state index in [9.17, 15) is 8.78 Å². The number of nitrogens with zero attached hydrogens (tertiary/aromatic N) is 2. The molecule has 0 radical (unpaired) electrons. The Morgan fingerprint density at radius 1 is 0.833 bits per heavy atom. The van der Waals surface area contributed by atoms with Crippen molar-refractivity contribution in [1.29, 1.82) is 0 Å². The molecule has 0 aliphatic rings. The number of para-hydroxylation sites is 2. The van der Waals surface area contributed by atoms with Gasteiger partial charge in [0.1, 0.15) is 0 Å². The average molecular weight is 242 g/mol. The molecule has 0 unspecified atom stereocenters. The summed E-state index contributed by atoms with van der Waals surface area (Å²) in [5.74, 6) is -1.79. The summed E-state index contributed by atoms with van der Waals surface area (Å²) >= 11 is 0. The lowest BCUT2D eigenvalue weighted by Gasteiger charge is -2.04. The fourth-order valence-corrected chi connectivity index (χ4v) is 1.79. The zero-order valence-electron chi connectivity index (χ0n) is 9.27. The van der Waals surface area contributed by atoms with Crippen molar-refractivity contribution in [3.8, 4) is 11.3 Å². The van der Waals surface area contributed by atoms with E-state index in [1.807, 2.05) is 18.2 Å². The lowest BCUT2D eigenvalue weighted by molar-refractivity contribution is 0.511. The first-order valence-electron chi connectivity index (χ1n) is 5.42. The van der Waals surface area contributed by atoms with Gasteiger partial charge in [-0.1, -0.05) is 18.2 Å². The van der Waals surface area contributed by atoms with Gasteiger partial charge in [0.25, 0.3) is 0 Å². The Morgan fingerprint density at radius 3 is 2.44 bits per heavy atom. The van der Waals surface area contributed by atoms with Gasteiger partial charge in [-0.3, -0.25) is 4.98 Å². The third-order valence-electron chi connectivity index (χ3n) is 2.68. The van der Waals surface area contributed by atoms with Gasteiger partial charge in [-0.05, 0) is 24.3 Å². The summed E-state index contributed by atoms with van der Waals surface area (Å²) < 4.78 is 26.8. The van der Waals surface area contributed by atoms with Gasteiger partial charge in [0, 0.05) is 5.56 Å². The molecule has 1 aromatic heterocycles. The van der Waals surface area contributed by atoms with Crippen molar-refractivity contribution in [2.45, 2.75) is 0 Å². The summed E-state index contributed by atoms with van der Waals surface area (Å²) in [7, 11) is 0. The molecule has 3 rings (SSSR count). The molecule has 18 heavy (non-hydrogen) atoms. The topological polar surface area (TPSA) is 25.8 Å². The van der Waals surface area contributed by atoms with Crippen LogP contribution in [0.4, 0.5) is 8.78 Å². The molecule has 0 aliphatic carbocycles. The first-order valence-corrected chi connectivity index (χ1v) is 5.42.